The molecule has 0 radical (unpaired) electrons. The first-order valence-corrected chi connectivity index (χ1v) is 6.24. The quantitative estimate of drug-likeness (QED) is 0.675. The van der Waals surface area contributed by atoms with E-state index in [9.17, 15) is 9.18 Å². The Morgan fingerprint density at radius 3 is 2.40 bits per heavy atom. The zero-order valence-electron chi connectivity index (χ0n) is 11.4. The van der Waals surface area contributed by atoms with E-state index in [4.69, 9.17) is 0 Å². The van der Waals surface area contributed by atoms with Crippen molar-refractivity contribution in [3.05, 3.63) is 71.0 Å². The summed E-state index contributed by atoms with van der Waals surface area (Å²) in [4.78, 5) is 12.0. The van der Waals surface area contributed by atoms with Crippen LogP contribution in [-0.4, -0.2) is 11.6 Å². The van der Waals surface area contributed by atoms with Crippen LogP contribution in [0.4, 0.5) is 4.39 Å². The van der Waals surface area contributed by atoms with Gasteiger partial charge in [-0.1, -0.05) is 30.3 Å². The first-order chi connectivity index (χ1) is 9.58. The van der Waals surface area contributed by atoms with Crippen molar-refractivity contribution in [3.8, 4) is 0 Å². The standard InChI is InChI=1S/C16H15FN2O/c1-11-5-3-4-6-15(11)16(20)19-18-12(2)13-7-9-14(17)10-8-13/h3-10H,1-2H3,(H,19,20)/b18-12-. The Bertz CT molecular complexity index is 648. The summed E-state index contributed by atoms with van der Waals surface area (Å²) in [5.74, 6) is -0.560. The lowest BCUT2D eigenvalue weighted by Gasteiger charge is -2.05. The fourth-order valence-corrected chi connectivity index (χ4v) is 1.78. The smallest absolute Gasteiger partial charge is 0.267 e. The highest BCUT2D eigenvalue weighted by Crippen LogP contribution is 2.07. The number of benzene rings is 2. The molecular weight excluding hydrogens is 255 g/mol. The number of nitrogens with one attached hydrogen (secondary N) is 1. The SMILES string of the molecule is C/C(=N/NC(=O)c1ccccc1C)c1ccc(F)cc1. The Morgan fingerprint density at radius 2 is 1.75 bits per heavy atom. The van der Waals surface area contributed by atoms with E-state index in [0.717, 1.165) is 11.1 Å². The zero-order chi connectivity index (χ0) is 14.5. The van der Waals surface area contributed by atoms with E-state index in [-0.39, 0.29) is 11.7 Å². The highest BCUT2D eigenvalue weighted by atomic mass is 19.1. The van der Waals surface area contributed by atoms with Gasteiger partial charge in [-0.3, -0.25) is 4.79 Å². The molecule has 0 heterocycles. The van der Waals surface area contributed by atoms with Gasteiger partial charge in [0.15, 0.2) is 0 Å². The molecule has 2 rings (SSSR count). The van der Waals surface area contributed by atoms with Crippen molar-refractivity contribution in [2.24, 2.45) is 5.10 Å². The molecule has 3 nitrogen and oxygen atoms in total. The monoisotopic (exact) mass is 270 g/mol. The van der Waals surface area contributed by atoms with E-state index < -0.39 is 0 Å². The lowest BCUT2D eigenvalue weighted by Crippen LogP contribution is -2.20. The van der Waals surface area contributed by atoms with Crippen LogP contribution in [0, 0.1) is 12.7 Å². The third kappa shape index (κ3) is 3.29. The van der Waals surface area contributed by atoms with Crippen LogP contribution in [0.1, 0.15) is 28.4 Å². The summed E-state index contributed by atoms with van der Waals surface area (Å²) in [5.41, 5.74) is 5.36. The largest absolute Gasteiger partial charge is 0.271 e. The molecular formula is C16H15FN2O. The fourth-order valence-electron chi connectivity index (χ4n) is 1.78. The van der Waals surface area contributed by atoms with E-state index in [1.165, 1.54) is 12.1 Å². The van der Waals surface area contributed by atoms with Crippen molar-refractivity contribution in [3.63, 3.8) is 0 Å². The van der Waals surface area contributed by atoms with Gasteiger partial charge in [0.1, 0.15) is 5.82 Å². The van der Waals surface area contributed by atoms with Crippen molar-refractivity contribution < 1.29 is 9.18 Å². The van der Waals surface area contributed by atoms with Crippen molar-refractivity contribution in [1.29, 1.82) is 0 Å². The van der Waals surface area contributed by atoms with Crippen LogP contribution in [0.5, 0.6) is 0 Å². The average Bonchev–Trinajstić information content (AvgIpc) is 2.45. The molecule has 0 saturated carbocycles. The molecule has 0 bridgehead atoms. The Labute approximate surface area is 117 Å². The summed E-state index contributed by atoms with van der Waals surface area (Å²) >= 11 is 0. The van der Waals surface area contributed by atoms with Crippen LogP contribution in [-0.2, 0) is 0 Å². The number of aryl methyl sites for hydroxylation is 1. The summed E-state index contributed by atoms with van der Waals surface area (Å²) in [6.45, 7) is 3.62. The summed E-state index contributed by atoms with van der Waals surface area (Å²) < 4.78 is 12.8. The molecule has 0 aromatic heterocycles. The van der Waals surface area contributed by atoms with Crippen molar-refractivity contribution in [2.45, 2.75) is 13.8 Å². The molecule has 0 aliphatic heterocycles. The van der Waals surface area contributed by atoms with Crippen LogP contribution in [0.15, 0.2) is 53.6 Å². The predicted octanol–water partition coefficient (Wildman–Crippen LogP) is 3.29. The van der Waals surface area contributed by atoms with E-state index in [2.05, 4.69) is 10.5 Å². The number of hydrogen-bond acceptors (Lipinski definition) is 2. The molecule has 0 fully saturated rings. The molecule has 1 amide bonds. The summed E-state index contributed by atoms with van der Waals surface area (Å²) in [7, 11) is 0. The van der Waals surface area contributed by atoms with Gasteiger partial charge < -0.3 is 0 Å². The minimum atomic E-state index is -0.300. The summed E-state index contributed by atoms with van der Waals surface area (Å²) in [6.07, 6.45) is 0. The minimum absolute atomic E-state index is 0.260. The second-order valence-corrected chi connectivity index (χ2v) is 4.46. The number of hydrogen-bond donors (Lipinski definition) is 1. The van der Waals surface area contributed by atoms with E-state index in [1.807, 2.05) is 19.1 Å². The number of hydrazone groups is 1. The topological polar surface area (TPSA) is 41.5 Å². The number of amides is 1. The van der Waals surface area contributed by atoms with Crippen molar-refractivity contribution in [1.82, 2.24) is 5.43 Å². The van der Waals surface area contributed by atoms with Gasteiger partial charge in [0.05, 0.1) is 5.71 Å². The second-order valence-electron chi connectivity index (χ2n) is 4.46. The maximum absolute atomic E-state index is 12.8. The van der Waals surface area contributed by atoms with Crippen LogP contribution in [0.3, 0.4) is 0 Å². The van der Waals surface area contributed by atoms with Gasteiger partial charge in [-0.15, -0.1) is 0 Å². The maximum atomic E-state index is 12.8. The molecule has 0 saturated heterocycles. The van der Waals surface area contributed by atoms with Crippen LogP contribution in [0.25, 0.3) is 0 Å². The Morgan fingerprint density at radius 1 is 1.10 bits per heavy atom. The van der Waals surface area contributed by atoms with E-state index in [0.29, 0.717) is 11.3 Å². The molecule has 1 N–H and O–H groups in total. The van der Waals surface area contributed by atoms with Gasteiger partial charge in [0.2, 0.25) is 0 Å². The Balaban J connectivity index is 2.11. The van der Waals surface area contributed by atoms with Gasteiger partial charge >= 0.3 is 0 Å². The average molecular weight is 270 g/mol. The highest BCUT2D eigenvalue weighted by Gasteiger charge is 2.07. The lowest BCUT2D eigenvalue weighted by molar-refractivity contribution is 0.0954. The fraction of sp³-hybridized carbons (Fsp3) is 0.125. The number of nitrogens with zero attached hydrogens (tertiary/aromatic N) is 1. The summed E-state index contributed by atoms with van der Waals surface area (Å²) in [5, 5.41) is 4.04. The highest BCUT2D eigenvalue weighted by molar-refractivity contribution is 6.01. The summed E-state index contributed by atoms with van der Waals surface area (Å²) in [6, 6.07) is 13.2. The normalized spacial score (nSPS) is 11.2. The van der Waals surface area contributed by atoms with E-state index in [1.54, 1.807) is 31.2 Å². The Kier molecular flexibility index (Phi) is 4.25. The molecule has 0 spiro atoms. The minimum Gasteiger partial charge on any atom is -0.267 e. The molecule has 0 aliphatic carbocycles. The predicted molar refractivity (Wildman–Crippen MR) is 77.3 cm³/mol. The van der Waals surface area contributed by atoms with Crippen molar-refractivity contribution in [2.75, 3.05) is 0 Å². The molecule has 20 heavy (non-hydrogen) atoms. The maximum Gasteiger partial charge on any atom is 0.271 e. The lowest BCUT2D eigenvalue weighted by atomic mass is 10.1. The molecule has 102 valence electrons. The number of carbonyl (C=O) groups excluding carboxylic acids is 1. The van der Waals surface area contributed by atoms with E-state index >= 15 is 0 Å². The third-order valence-corrected chi connectivity index (χ3v) is 2.98. The Hall–Kier alpha value is -2.49. The van der Waals surface area contributed by atoms with Gasteiger partial charge in [0.25, 0.3) is 5.91 Å². The van der Waals surface area contributed by atoms with Gasteiger partial charge in [0, 0.05) is 5.56 Å². The van der Waals surface area contributed by atoms with Crippen molar-refractivity contribution >= 4 is 11.6 Å². The van der Waals surface area contributed by atoms with Gasteiger partial charge in [-0.05, 0) is 43.2 Å². The van der Waals surface area contributed by atoms with Crippen LogP contribution in [0.2, 0.25) is 0 Å². The number of rotatable bonds is 3. The molecule has 2 aromatic carbocycles. The van der Waals surface area contributed by atoms with Gasteiger partial charge in [-0.25, -0.2) is 9.82 Å². The molecule has 0 aliphatic rings. The van der Waals surface area contributed by atoms with Crippen LogP contribution >= 0.6 is 0 Å². The molecule has 0 atom stereocenters. The second kappa shape index (κ2) is 6.10. The molecule has 4 heteroatoms. The first-order valence-electron chi connectivity index (χ1n) is 6.24. The first kappa shape index (κ1) is 13.9. The number of carbonyl (C=O) groups is 1. The molecule has 0 unspecified atom stereocenters. The third-order valence-electron chi connectivity index (χ3n) is 2.98. The molecule has 2 aromatic rings. The van der Waals surface area contributed by atoms with Gasteiger partial charge in [-0.2, -0.15) is 5.10 Å². The van der Waals surface area contributed by atoms with Crippen LogP contribution < -0.4 is 5.43 Å². The number of halogens is 1. The zero-order valence-corrected chi connectivity index (χ0v) is 11.4.